The number of likely N-dealkylation sites (tertiary alicyclic amines) is 1. The topological polar surface area (TPSA) is 69.6 Å². The van der Waals surface area contributed by atoms with Gasteiger partial charge in [-0.15, -0.1) is 0 Å². The number of carboxylic acids is 1. The Morgan fingerprint density at radius 1 is 1.44 bits per heavy atom. The molecule has 2 unspecified atom stereocenters. The molecule has 2 rings (SSSR count). The molecule has 2 fully saturated rings. The highest BCUT2D eigenvalue weighted by molar-refractivity contribution is 5.84. The Bertz CT molecular complexity index is 347. The second kappa shape index (κ2) is 4.78. The lowest BCUT2D eigenvalue weighted by molar-refractivity contribution is -0.142. The molecule has 102 valence electrons. The molecule has 5 heteroatoms. The summed E-state index contributed by atoms with van der Waals surface area (Å²) in [6.45, 7) is 4.51. The molecule has 0 aromatic rings. The summed E-state index contributed by atoms with van der Waals surface area (Å²) < 4.78 is 0. The summed E-state index contributed by atoms with van der Waals surface area (Å²) in [5.41, 5.74) is -0.0774. The van der Waals surface area contributed by atoms with Crippen molar-refractivity contribution in [2.45, 2.75) is 57.5 Å². The second-order valence-corrected chi connectivity index (χ2v) is 5.66. The van der Waals surface area contributed by atoms with Crippen molar-refractivity contribution in [3.63, 3.8) is 0 Å². The van der Waals surface area contributed by atoms with Crippen molar-refractivity contribution in [2.75, 3.05) is 6.54 Å². The standard InChI is InChI=1S/C13H22N2O3/c1-3-13(6-4-7-13)14-12(18)15-8-5-9(2)10(15)11(16)17/h9-10H,3-8H2,1-2H3,(H,14,18)(H,16,17). The van der Waals surface area contributed by atoms with E-state index in [1.807, 2.05) is 6.92 Å². The van der Waals surface area contributed by atoms with Crippen LogP contribution in [0.2, 0.25) is 0 Å². The minimum atomic E-state index is -0.894. The third kappa shape index (κ3) is 2.18. The summed E-state index contributed by atoms with van der Waals surface area (Å²) in [6.07, 6.45) is 4.85. The number of carbonyl (C=O) groups excluding carboxylic acids is 1. The van der Waals surface area contributed by atoms with Crippen LogP contribution in [-0.2, 0) is 4.79 Å². The largest absolute Gasteiger partial charge is 0.480 e. The number of carboxylic acid groups (broad SMARTS) is 1. The van der Waals surface area contributed by atoms with Crippen molar-refractivity contribution >= 4 is 12.0 Å². The molecule has 2 atom stereocenters. The molecule has 5 nitrogen and oxygen atoms in total. The molecule has 18 heavy (non-hydrogen) atoms. The van der Waals surface area contributed by atoms with E-state index in [1.54, 1.807) is 0 Å². The monoisotopic (exact) mass is 254 g/mol. The Morgan fingerprint density at radius 2 is 2.11 bits per heavy atom. The Morgan fingerprint density at radius 3 is 2.56 bits per heavy atom. The molecule has 1 aliphatic heterocycles. The van der Waals surface area contributed by atoms with Gasteiger partial charge in [-0.25, -0.2) is 9.59 Å². The molecule has 0 radical (unpaired) electrons. The fourth-order valence-electron chi connectivity index (χ4n) is 3.02. The first kappa shape index (κ1) is 13.2. The van der Waals surface area contributed by atoms with E-state index < -0.39 is 12.0 Å². The Labute approximate surface area is 108 Å². The van der Waals surface area contributed by atoms with E-state index in [-0.39, 0.29) is 17.5 Å². The SMILES string of the molecule is CCC1(NC(=O)N2CCC(C)C2C(=O)O)CCC1. The zero-order valence-electron chi connectivity index (χ0n) is 11.1. The number of rotatable bonds is 3. The summed E-state index contributed by atoms with van der Waals surface area (Å²) in [6, 6.07) is -0.868. The van der Waals surface area contributed by atoms with Crippen molar-refractivity contribution in [1.82, 2.24) is 10.2 Å². The van der Waals surface area contributed by atoms with E-state index in [2.05, 4.69) is 12.2 Å². The van der Waals surface area contributed by atoms with Crippen LogP contribution in [0.4, 0.5) is 4.79 Å². The molecule has 1 saturated heterocycles. The van der Waals surface area contributed by atoms with E-state index >= 15 is 0 Å². The van der Waals surface area contributed by atoms with Gasteiger partial charge >= 0.3 is 12.0 Å². The van der Waals surface area contributed by atoms with Gasteiger partial charge in [0.25, 0.3) is 0 Å². The van der Waals surface area contributed by atoms with Crippen LogP contribution in [0.5, 0.6) is 0 Å². The molecule has 0 aromatic carbocycles. The summed E-state index contributed by atoms with van der Waals surface area (Å²) in [7, 11) is 0. The fraction of sp³-hybridized carbons (Fsp3) is 0.846. The van der Waals surface area contributed by atoms with Crippen LogP contribution < -0.4 is 5.32 Å². The number of hydrogen-bond acceptors (Lipinski definition) is 2. The normalized spacial score (nSPS) is 29.8. The Kier molecular flexibility index (Phi) is 3.50. The van der Waals surface area contributed by atoms with E-state index in [1.165, 1.54) is 4.90 Å². The van der Waals surface area contributed by atoms with Crippen LogP contribution in [-0.4, -0.2) is 40.1 Å². The quantitative estimate of drug-likeness (QED) is 0.807. The van der Waals surface area contributed by atoms with Gasteiger partial charge in [0.05, 0.1) is 0 Å². The highest BCUT2D eigenvalue weighted by Gasteiger charge is 2.43. The van der Waals surface area contributed by atoms with E-state index in [9.17, 15) is 14.7 Å². The molecule has 0 spiro atoms. The molecule has 0 aromatic heterocycles. The van der Waals surface area contributed by atoms with Gasteiger partial charge in [0.15, 0.2) is 0 Å². The van der Waals surface area contributed by atoms with Gasteiger partial charge in [0.1, 0.15) is 6.04 Å². The number of hydrogen-bond donors (Lipinski definition) is 2. The zero-order valence-corrected chi connectivity index (χ0v) is 11.1. The molecular weight excluding hydrogens is 232 g/mol. The number of aliphatic carboxylic acids is 1. The number of urea groups is 1. The van der Waals surface area contributed by atoms with Crippen LogP contribution in [0, 0.1) is 5.92 Å². The van der Waals surface area contributed by atoms with Crippen LogP contribution >= 0.6 is 0 Å². The molecule has 1 aliphatic carbocycles. The smallest absolute Gasteiger partial charge is 0.326 e. The van der Waals surface area contributed by atoms with Crippen molar-refractivity contribution < 1.29 is 14.7 Å². The molecule has 2 aliphatic rings. The first-order valence-corrected chi connectivity index (χ1v) is 6.81. The van der Waals surface area contributed by atoms with Gasteiger partial charge in [-0.05, 0) is 38.0 Å². The Balaban J connectivity index is 2.02. The van der Waals surface area contributed by atoms with Crippen LogP contribution in [0.1, 0.15) is 46.0 Å². The summed E-state index contributed by atoms with van der Waals surface area (Å²) >= 11 is 0. The first-order chi connectivity index (χ1) is 8.49. The molecule has 2 N–H and O–H groups in total. The van der Waals surface area contributed by atoms with Gasteiger partial charge in [-0.3, -0.25) is 0 Å². The molecule has 0 bridgehead atoms. The minimum absolute atomic E-state index is 0.0345. The third-order valence-electron chi connectivity index (χ3n) is 4.57. The van der Waals surface area contributed by atoms with E-state index in [0.29, 0.717) is 6.54 Å². The average molecular weight is 254 g/mol. The summed E-state index contributed by atoms with van der Waals surface area (Å²) in [4.78, 5) is 24.9. The second-order valence-electron chi connectivity index (χ2n) is 5.66. The maximum Gasteiger partial charge on any atom is 0.326 e. The van der Waals surface area contributed by atoms with Gasteiger partial charge in [-0.1, -0.05) is 13.8 Å². The minimum Gasteiger partial charge on any atom is -0.480 e. The predicted molar refractivity (Wildman–Crippen MR) is 67.3 cm³/mol. The van der Waals surface area contributed by atoms with Crippen molar-refractivity contribution in [3.05, 3.63) is 0 Å². The molecular formula is C13H22N2O3. The number of nitrogens with zero attached hydrogens (tertiary/aromatic N) is 1. The van der Waals surface area contributed by atoms with E-state index in [4.69, 9.17) is 0 Å². The zero-order chi connectivity index (χ0) is 13.3. The van der Waals surface area contributed by atoms with E-state index in [0.717, 1.165) is 32.1 Å². The van der Waals surface area contributed by atoms with Crippen molar-refractivity contribution in [2.24, 2.45) is 5.92 Å². The lowest BCUT2D eigenvalue weighted by Gasteiger charge is -2.43. The first-order valence-electron chi connectivity index (χ1n) is 6.81. The maximum atomic E-state index is 12.2. The van der Waals surface area contributed by atoms with Crippen LogP contribution in [0.3, 0.4) is 0 Å². The van der Waals surface area contributed by atoms with Crippen molar-refractivity contribution in [3.8, 4) is 0 Å². The number of carbonyl (C=O) groups is 2. The maximum absolute atomic E-state index is 12.2. The predicted octanol–water partition coefficient (Wildman–Crippen LogP) is 1.82. The summed E-state index contributed by atoms with van der Waals surface area (Å²) in [5, 5.41) is 12.3. The van der Waals surface area contributed by atoms with Gasteiger partial charge in [-0.2, -0.15) is 0 Å². The number of nitrogens with one attached hydrogen (secondary N) is 1. The van der Waals surface area contributed by atoms with Crippen LogP contribution in [0.15, 0.2) is 0 Å². The molecule has 2 amide bonds. The Hall–Kier alpha value is -1.26. The lowest BCUT2D eigenvalue weighted by Crippen LogP contribution is -2.58. The molecule has 1 saturated carbocycles. The average Bonchev–Trinajstić information content (AvgIpc) is 2.65. The summed E-state index contributed by atoms with van der Waals surface area (Å²) in [5.74, 6) is -0.860. The van der Waals surface area contributed by atoms with Crippen molar-refractivity contribution in [1.29, 1.82) is 0 Å². The molecule has 1 heterocycles. The van der Waals surface area contributed by atoms with Crippen LogP contribution in [0.25, 0.3) is 0 Å². The number of amides is 2. The highest BCUT2D eigenvalue weighted by atomic mass is 16.4. The van der Waals surface area contributed by atoms with Gasteiger partial charge in [0, 0.05) is 12.1 Å². The van der Waals surface area contributed by atoms with Gasteiger partial charge < -0.3 is 15.3 Å². The highest BCUT2D eigenvalue weighted by Crippen LogP contribution is 2.35. The third-order valence-corrected chi connectivity index (χ3v) is 4.57. The lowest BCUT2D eigenvalue weighted by atomic mass is 9.75. The fourth-order valence-corrected chi connectivity index (χ4v) is 3.02. The van der Waals surface area contributed by atoms with Gasteiger partial charge in [0.2, 0.25) is 0 Å².